The van der Waals surface area contributed by atoms with Gasteiger partial charge in [-0.2, -0.15) is 0 Å². The average molecular weight is 265 g/mol. The normalized spacial score (nSPS) is 17.3. The van der Waals surface area contributed by atoms with E-state index in [4.69, 9.17) is 5.11 Å². The van der Waals surface area contributed by atoms with Gasteiger partial charge in [0.2, 0.25) is 5.91 Å². The number of nitrogens with one attached hydrogen (secondary N) is 1. The van der Waals surface area contributed by atoms with Gasteiger partial charge >= 0.3 is 5.97 Å². The maximum Gasteiger partial charge on any atom is 0.311 e. The van der Waals surface area contributed by atoms with E-state index in [1.165, 1.54) is 6.08 Å². The number of carbonyl (C=O) groups excluding carboxylic acids is 1. The Bertz CT molecular complexity index is 461. The van der Waals surface area contributed by atoms with E-state index in [1.54, 1.807) is 17.4 Å². The van der Waals surface area contributed by atoms with Gasteiger partial charge in [0.25, 0.3) is 0 Å². The highest BCUT2D eigenvalue weighted by Crippen LogP contribution is 2.40. The van der Waals surface area contributed by atoms with E-state index in [0.29, 0.717) is 12.8 Å². The lowest BCUT2D eigenvalue weighted by Gasteiger charge is -2.37. The number of hydrogen-bond acceptors (Lipinski definition) is 3. The van der Waals surface area contributed by atoms with Crippen LogP contribution in [0.3, 0.4) is 0 Å². The number of amides is 1. The summed E-state index contributed by atoms with van der Waals surface area (Å²) in [5.74, 6) is -1.05. The van der Waals surface area contributed by atoms with Gasteiger partial charge in [0.1, 0.15) is 0 Å². The molecule has 0 aromatic carbocycles. The van der Waals surface area contributed by atoms with Crippen molar-refractivity contribution in [3.63, 3.8) is 0 Å². The van der Waals surface area contributed by atoms with Crippen LogP contribution in [-0.2, 0) is 9.59 Å². The van der Waals surface area contributed by atoms with Gasteiger partial charge in [-0.25, -0.2) is 0 Å². The van der Waals surface area contributed by atoms with Crippen LogP contribution in [0.25, 0.3) is 6.08 Å². The van der Waals surface area contributed by atoms with Crippen LogP contribution in [0.15, 0.2) is 23.6 Å². The Hall–Kier alpha value is -1.62. The highest BCUT2D eigenvalue weighted by atomic mass is 32.1. The molecular weight excluding hydrogens is 250 g/mol. The summed E-state index contributed by atoms with van der Waals surface area (Å²) in [4.78, 5) is 23.7. The number of carboxylic acid groups (broad SMARTS) is 1. The van der Waals surface area contributed by atoms with Crippen molar-refractivity contribution < 1.29 is 14.7 Å². The Morgan fingerprint density at radius 2 is 2.28 bits per heavy atom. The van der Waals surface area contributed by atoms with Crippen molar-refractivity contribution in [2.45, 2.75) is 19.3 Å². The van der Waals surface area contributed by atoms with Crippen LogP contribution in [0.5, 0.6) is 0 Å². The minimum atomic E-state index is -0.809. The SMILES string of the molecule is O=C(/C=C/c1cccs1)NCC1(C(=O)O)CCC1. The summed E-state index contributed by atoms with van der Waals surface area (Å²) in [7, 11) is 0. The molecular formula is C13H15NO3S. The zero-order valence-electron chi connectivity index (χ0n) is 9.89. The van der Waals surface area contributed by atoms with Crippen LogP contribution in [0.4, 0.5) is 0 Å². The molecule has 0 aliphatic heterocycles. The molecule has 0 unspecified atom stereocenters. The van der Waals surface area contributed by atoms with E-state index in [0.717, 1.165) is 11.3 Å². The molecule has 1 saturated carbocycles. The quantitative estimate of drug-likeness (QED) is 0.801. The molecule has 0 bridgehead atoms. The third kappa shape index (κ3) is 2.79. The lowest BCUT2D eigenvalue weighted by Crippen LogP contribution is -2.47. The molecule has 1 aliphatic rings. The molecule has 1 aromatic heterocycles. The third-order valence-corrected chi connectivity index (χ3v) is 4.15. The van der Waals surface area contributed by atoms with E-state index in [2.05, 4.69) is 5.32 Å². The highest BCUT2D eigenvalue weighted by molar-refractivity contribution is 7.10. The second-order valence-electron chi connectivity index (χ2n) is 4.51. The molecule has 4 nitrogen and oxygen atoms in total. The molecule has 1 amide bonds. The minimum absolute atomic E-state index is 0.218. The maximum atomic E-state index is 11.6. The van der Waals surface area contributed by atoms with Gasteiger partial charge in [-0.1, -0.05) is 12.5 Å². The first-order valence-corrected chi connectivity index (χ1v) is 6.73. The minimum Gasteiger partial charge on any atom is -0.481 e. The van der Waals surface area contributed by atoms with E-state index in [-0.39, 0.29) is 12.5 Å². The number of aliphatic carboxylic acids is 1. The summed E-state index contributed by atoms with van der Waals surface area (Å²) in [5, 5.41) is 13.7. The zero-order chi connectivity index (χ0) is 13.0. The smallest absolute Gasteiger partial charge is 0.311 e. The van der Waals surface area contributed by atoms with Crippen molar-refractivity contribution in [2.24, 2.45) is 5.41 Å². The largest absolute Gasteiger partial charge is 0.481 e. The van der Waals surface area contributed by atoms with E-state index in [1.807, 2.05) is 17.5 Å². The van der Waals surface area contributed by atoms with Crippen LogP contribution in [0, 0.1) is 5.41 Å². The molecule has 0 saturated heterocycles. The monoisotopic (exact) mass is 265 g/mol. The number of carboxylic acids is 1. The van der Waals surface area contributed by atoms with Crippen molar-refractivity contribution in [3.8, 4) is 0 Å². The fraction of sp³-hybridized carbons (Fsp3) is 0.385. The Labute approximate surface area is 109 Å². The van der Waals surface area contributed by atoms with Crippen molar-refractivity contribution in [1.82, 2.24) is 5.32 Å². The molecule has 96 valence electrons. The summed E-state index contributed by atoms with van der Waals surface area (Å²) >= 11 is 1.55. The number of carbonyl (C=O) groups is 2. The molecule has 2 rings (SSSR count). The van der Waals surface area contributed by atoms with Gasteiger partial charge in [0.15, 0.2) is 0 Å². The lowest BCUT2D eigenvalue weighted by molar-refractivity contribution is -0.154. The third-order valence-electron chi connectivity index (χ3n) is 3.31. The van der Waals surface area contributed by atoms with Crippen LogP contribution < -0.4 is 5.32 Å². The van der Waals surface area contributed by atoms with Crippen molar-refractivity contribution in [1.29, 1.82) is 0 Å². The predicted molar refractivity (Wildman–Crippen MR) is 70.3 cm³/mol. The second-order valence-corrected chi connectivity index (χ2v) is 5.48. The van der Waals surface area contributed by atoms with E-state index < -0.39 is 11.4 Å². The lowest BCUT2D eigenvalue weighted by atomic mass is 9.69. The standard InChI is InChI=1S/C13H15NO3S/c15-11(5-4-10-3-1-8-18-10)14-9-13(12(16)17)6-2-7-13/h1,3-5,8H,2,6-7,9H2,(H,14,15)(H,16,17)/b5-4+. The Balaban J connectivity index is 1.83. The summed E-state index contributed by atoms with van der Waals surface area (Å²) in [5.41, 5.74) is -0.730. The predicted octanol–water partition coefficient (Wildman–Crippen LogP) is 2.13. The molecule has 0 atom stereocenters. The molecule has 0 spiro atoms. The molecule has 1 heterocycles. The zero-order valence-corrected chi connectivity index (χ0v) is 10.7. The fourth-order valence-corrected chi connectivity index (χ4v) is 2.55. The van der Waals surface area contributed by atoms with Gasteiger partial charge < -0.3 is 10.4 Å². The van der Waals surface area contributed by atoms with Crippen LogP contribution >= 0.6 is 11.3 Å². The number of thiophene rings is 1. The van der Waals surface area contributed by atoms with E-state index in [9.17, 15) is 9.59 Å². The Kier molecular flexibility index (Phi) is 3.81. The molecule has 1 aliphatic carbocycles. The second kappa shape index (κ2) is 5.35. The average Bonchev–Trinajstić information content (AvgIpc) is 2.77. The molecule has 0 radical (unpaired) electrons. The van der Waals surface area contributed by atoms with Crippen molar-refractivity contribution in [3.05, 3.63) is 28.5 Å². The van der Waals surface area contributed by atoms with Gasteiger partial charge in [-0.3, -0.25) is 9.59 Å². The van der Waals surface area contributed by atoms with Crippen LogP contribution in [0.1, 0.15) is 24.1 Å². The topological polar surface area (TPSA) is 66.4 Å². The molecule has 18 heavy (non-hydrogen) atoms. The first kappa shape index (κ1) is 12.8. The Morgan fingerprint density at radius 3 is 2.78 bits per heavy atom. The number of hydrogen-bond donors (Lipinski definition) is 2. The summed E-state index contributed by atoms with van der Waals surface area (Å²) < 4.78 is 0. The highest BCUT2D eigenvalue weighted by Gasteiger charge is 2.44. The van der Waals surface area contributed by atoms with Gasteiger partial charge in [-0.05, 0) is 30.4 Å². The first-order valence-electron chi connectivity index (χ1n) is 5.85. The molecule has 1 fully saturated rings. The van der Waals surface area contributed by atoms with Gasteiger partial charge in [0.05, 0.1) is 5.41 Å². The molecule has 1 aromatic rings. The maximum absolute atomic E-state index is 11.6. The van der Waals surface area contributed by atoms with Crippen LogP contribution in [0.2, 0.25) is 0 Å². The van der Waals surface area contributed by atoms with Crippen LogP contribution in [-0.4, -0.2) is 23.5 Å². The Morgan fingerprint density at radius 1 is 1.50 bits per heavy atom. The molecule has 2 N–H and O–H groups in total. The molecule has 5 heteroatoms. The van der Waals surface area contributed by atoms with Crippen molar-refractivity contribution in [2.75, 3.05) is 6.54 Å². The van der Waals surface area contributed by atoms with Gasteiger partial charge in [-0.15, -0.1) is 11.3 Å². The van der Waals surface area contributed by atoms with Gasteiger partial charge in [0, 0.05) is 17.5 Å². The number of rotatable bonds is 5. The van der Waals surface area contributed by atoms with E-state index >= 15 is 0 Å². The summed E-state index contributed by atoms with van der Waals surface area (Å²) in [6.45, 7) is 0.218. The summed E-state index contributed by atoms with van der Waals surface area (Å²) in [6, 6.07) is 3.83. The summed E-state index contributed by atoms with van der Waals surface area (Å²) in [6.07, 6.45) is 5.40. The van der Waals surface area contributed by atoms with Crippen molar-refractivity contribution >= 4 is 29.3 Å². The fourth-order valence-electron chi connectivity index (χ4n) is 1.93. The first-order chi connectivity index (χ1) is 8.62.